The second-order valence-corrected chi connectivity index (χ2v) is 10.9. The molecule has 2 aromatic rings. The Balaban J connectivity index is 1.26. The minimum absolute atomic E-state index is 0.0182. The molecule has 1 amide bonds. The van der Waals surface area contributed by atoms with Crippen LogP contribution in [0.4, 0.5) is 32.0 Å². The van der Waals surface area contributed by atoms with E-state index in [1.807, 2.05) is 29.3 Å². The van der Waals surface area contributed by atoms with E-state index in [-0.39, 0.29) is 17.0 Å². The van der Waals surface area contributed by atoms with Crippen molar-refractivity contribution in [3.05, 3.63) is 65.7 Å². The van der Waals surface area contributed by atoms with E-state index in [9.17, 15) is 31.1 Å². The molecule has 0 unspecified atom stereocenters. The number of ether oxygens (including phenoxy) is 1. The van der Waals surface area contributed by atoms with Gasteiger partial charge in [-0.3, -0.25) is 4.79 Å². The zero-order chi connectivity index (χ0) is 28.3. The van der Waals surface area contributed by atoms with E-state index in [1.54, 1.807) is 16.7 Å². The number of thioether (sulfide) groups is 1. The monoisotopic (exact) mass is 584 g/mol. The van der Waals surface area contributed by atoms with Crippen molar-refractivity contribution in [3.63, 3.8) is 0 Å². The standard InChI is InChI=1S/C26H24F6N5O2S/c27-25(28,29)22-14-20(19-4-1-5-21(23(19)33-22)39-26(30,31)32)34-6-8-36(9-7-34)37-11-2-3-18(37)13-17(15-37)24(38)35-10-12-40-16-35/h1-5,11,13-14H,6-10,12,15-16H2/q+1/t37-/m1/s1. The first kappa shape index (κ1) is 27.0. The number of carbonyl (C=O) groups excluding carboxylic acids is 1. The molecule has 212 valence electrons. The second kappa shape index (κ2) is 9.70. The number of quaternary nitrogens is 1. The van der Waals surface area contributed by atoms with Crippen molar-refractivity contribution in [2.24, 2.45) is 0 Å². The fourth-order valence-corrected chi connectivity index (χ4v) is 6.61. The number of nitrogens with zero attached hydrogens (tertiary/aromatic N) is 5. The highest BCUT2D eigenvalue weighted by atomic mass is 32.2. The predicted octanol–water partition coefficient (Wildman–Crippen LogP) is 4.89. The Bertz CT molecular complexity index is 1440. The number of aromatic nitrogens is 1. The summed E-state index contributed by atoms with van der Waals surface area (Å²) in [6, 6.07) is 4.58. The van der Waals surface area contributed by atoms with Crippen molar-refractivity contribution < 1.29 is 40.5 Å². The van der Waals surface area contributed by atoms with Gasteiger partial charge in [-0.25, -0.2) is 4.98 Å². The van der Waals surface area contributed by atoms with Gasteiger partial charge in [0.05, 0.1) is 24.5 Å². The van der Waals surface area contributed by atoms with Gasteiger partial charge < -0.3 is 14.5 Å². The minimum Gasteiger partial charge on any atom is -0.403 e. The lowest BCUT2D eigenvalue weighted by molar-refractivity contribution is -0.948. The lowest BCUT2D eigenvalue weighted by atomic mass is 10.1. The molecule has 0 radical (unpaired) electrons. The second-order valence-electron chi connectivity index (χ2n) is 9.86. The maximum Gasteiger partial charge on any atom is 0.573 e. The maximum atomic E-state index is 13.8. The maximum absolute atomic E-state index is 13.8. The Hall–Kier alpha value is -3.23. The largest absolute Gasteiger partial charge is 0.573 e. The third-order valence-electron chi connectivity index (χ3n) is 7.49. The molecule has 0 bridgehead atoms. The van der Waals surface area contributed by atoms with Gasteiger partial charge in [0.25, 0.3) is 5.91 Å². The van der Waals surface area contributed by atoms with Crippen molar-refractivity contribution in [3.8, 4) is 5.75 Å². The molecule has 5 heterocycles. The zero-order valence-electron chi connectivity index (χ0n) is 21.0. The van der Waals surface area contributed by atoms with Gasteiger partial charge >= 0.3 is 12.5 Å². The Morgan fingerprint density at radius 3 is 2.50 bits per heavy atom. The quantitative estimate of drug-likeness (QED) is 0.377. The van der Waals surface area contributed by atoms with Gasteiger partial charge in [0.1, 0.15) is 24.0 Å². The number of allylic oxidation sites excluding steroid dienone is 3. The lowest BCUT2D eigenvalue weighted by Crippen LogP contribution is -2.60. The number of carbonyl (C=O) groups is 1. The summed E-state index contributed by atoms with van der Waals surface area (Å²) < 4.78 is 84.6. The van der Waals surface area contributed by atoms with Crippen LogP contribution in [0.1, 0.15) is 5.69 Å². The van der Waals surface area contributed by atoms with Crippen LogP contribution in [-0.2, 0) is 11.0 Å². The van der Waals surface area contributed by atoms with Crippen LogP contribution in [0, 0.1) is 0 Å². The van der Waals surface area contributed by atoms with Crippen LogP contribution >= 0.6 is 11.8 Å². The summed E-state index contributed by atoms with van der Waals surface area (Å²) in [7, 11) is 0. The van der Waals surface area contributed by atoms with Crippen LogP contribution in [0.25, 0.3) is 10.9 Å². The summed E-state index contributed by atoms with van der Waals surface area (Å²) in [6.45, 7) is 2.68. The number of amides is 1. The molecule has 4 aliphatic rings. The summed E-state index contributed by atoms with van der Waals surface area (Å²) in [5.74, 6) is 0.805. The van der Waals surface area contributed by atoms with E-state index < -0.39 is 29.5 Å². The smallest absolute Gasteiger partial charge is 0.403 e. The molecule has 0 spiro atoms. The van der Waals surface area contributed by atoms with E-state index in [0.29, 0.717) is 55.3 Å². The van der Waals surface area contributed by atoms with Crippen LogP contribution in [0.2, 0.25) is 0 Å². The number of halogens is 6. The molecule has 40 heavy (non-hydrogen) atoms. The lowest BCUT2D eigenvalue weighted by Gasteiger charge is -2.44. The number of para-hydroxylation sites is 1. The normalized spacial score (nSPS) is 23.6. The predicted molar refractivity (Wildman–Crippen MR) is 137 cm³/mol. The summed E-state index contributed by atoms with van der Waals surface area (Å²) in [4.78, 5) is 20.1. The fourth-order valence-electron chi connectivity index (χ4n) is 5.66. The molecule has 1 aromatic heterocycles. The summed E-state index contributed by atoms with van der Waals surface area (Å²) in [6.07, 6.45) is -2.14. The third kappa shape index (κ3) is 4.81. The fraction of sp³-hybridized carbons (Fsp3) is 0.385. The van der Waals surface area contributed by atoms with Gasteiger partial charge in [0.2, 0.25) is 0 Å². The first-order valence-electron chi connectivity index (χ1n) is 12.6. The third-order valence-corrected chi connectivity index (χ3v) is 8.46. The van der Waals surface area contributed by atoms with Gasteiger partial charge in [0, 0.05) is 48.6 Å². The highest BCUT2D eigenvalue weighted by Crippen LogP contribution is 2.41. The summed E-state index contributed by atoms with van der Waals surface area (Å²) >= 11 is 1.71. The molecule has 7 nitrogen and oxygen atoms in total. The Morgan fingerprint density at radius 1 is 1.05 bits per heavy atom. The molecule has 0 N–H and O–H groups in total. The molecular formula is C26H24F6N5O2S+. The molecule has 0 saturated carbocycles. The summed E-state index contributed by atoms with van der Waals surface area (Å²) in [5.41, 5.74) is 0.00378. The van der Waals surface area contributed by atoms with Gasteiger partial charge in [-0.2, -0.15) is 17.8 Å². The molecule has 0 aliphatic carbocycles. The van der Waals surface area contributed by atoms with Crippen molar-refractivity contribution in [1.29, 1.82) is 0 Å². The number of pyridine rings is 1. The molecule has 1 aromatic carbocycles. The number of hydrogen-bond acceptors (Lipinski definition) is 6. The molecule has 4 aliphatic heterocycles. The van der Waals surface area contributed by atoms with E-state index in [1.165, 1.54) is 12.1 Å². The molecule has 14 heteroatoms. The van der Waals surface area contributed by atoms with Crippen LogP contribution in [-0.4, -0.2) is 82.7 Å². The zero-order valence-corrected chi connectivity index (χ0v) is 21.8. The first-order valence-corrected chi connectivity index (χ1v) is 13.7. The van der Waals surface area contributed by atoms with Crippen molar-refractivity contribution in [2.75, 3.05) is 55.8 Å². The van der Waals surface area contributed by atoms with E-state index in [2.05, 4.69) is 14.7 Å². The minimum atomic E-state index is -5.09. The number of fused-ring (bicyclic) bond motifs is 2. The Kier molecular flexibility index (Phi) is 6.54. The van der Waals surface area contributed by atoms with Crippen molar-refractivity contribution >= 4 is 34.3 Å². The van der Waals surface area contributed by atoms with Crippen LogP contribution in [0.15, 0.2) is 60.0 Å². The molecule has 6 rings (SSSR count). The van der Waals surface area contributed by atoms with Crippen LogP contribution in [0.5, 0.6) is 5.75 Å². The molecule has 2 fully saturated rings. The van der Waals surface area contributed by atoms with Crippen LogP contribution in [0.3, 0.4) is 0 Å². The Labute approximate surface area is 229 Å². The SMILES string of the molecule is O=C(C1=CC2=CC=C[N@@+]2(N2CCN(c3cc(C(F)(F)F)nc4c(OC(F)(F)F)cccc34)CC2)C1)N1CCSC1. The molecule has 1 atom stereocenters. The highest BCUT2D eigenvalue weighted by molar-refractivity contribution is 7.99. The van der Waals surface area contributed by atoms with Crippen LogP contribution < -0.4 is 9.64 Å². The average Bonchev–Trinajstić information content (AvgIpc) is 3.64. The first-order chi connectivity index (χ1) is 18.9. The van der Waals surface area contributed by atoms with Gasteiger partial charge in [0.15, 0.2) is 11.4 Å². The number of hydrogen-bond donors (Lipinski definition) is 0. The number of anilines is 1. The van der Waals surface area contributed by atoms with Gasteiger partial charge in [-0.05, 0) is 18.2 Å². The number of benzene rings is 1. The number of alkyl halides is 6. The Morgan fingerprint density at radius 2 is 1.82 bits per heavy atom. The number of rotatable bonds is 4. The van der Waals surface area contributed by atoms with Crippen molar-refractivity contribution in [2.45, 2.75) is 12.5 Å². The van der Waals surface area contributed by atoms with Gasteiger partial charge in [-0.1, -0.05) is 12.1 Å². The van der Waals surface area contributed by atoms with E-state index in [4.69, 9.17) is 0 Å². The number of piperazine rings is 1. The van der Waals surface area contributed by atoms with Crippen molar-refractivity contribution in [1.82, 2.24) is 14.9 Å². The topological polar surface area (TPSA) is 48.9 Å². The highest BCUT2D eigenvalue weighted by Gasteiger charge is 2.48. The van der Waals surface area contributed by atoms with E-state index in [0.717, 1.165) is 23.6 Å². The molecular weight excluding hydrogens is 560 g/mol. The average molecular weight is 585 g/mol. The summed E-state index contributed by atoms with van der Waals surface area (Å²) in [5, 5.41) is 2.30. The molecule has 2 saturated heterocycles. The van der Waals surface area contributed by atoms with Gasteiger partial charge in [-0.15, -0.1) is 29.9 Å². The van der Waals surface area contributed by atoms with E-state index >= 15 is 0 Å².